The molecule has 2 rings (SSSR count). The van der Waals surface area contributed by atoms with Gasteiger partial charge in [0, 0.05) is 6.20 Å². The summed E-state index contributed by atoms with van der Waals surface area (Å²) in [4.78, 5) is 12.0. The molecule has 1 heterocycles. The Hall–Kier alpha value is -2.54. The van der Waals surface area contributed by atoms with Crippen molar-refractivity contribution in [2.24, 2.45) is 0 Å². The molecule has 0 amide bonds. The highest BCUT2D eigenvalue weighted by atomic mass is 16.5. The summed E-state index contributed by atoms with van der Waals surface area (Å²) in [6.07, 6.45) is 1.58. The molecule has 1 aromatic heterocycles. The van der Waals surface area contributed by atoms with Gasteiger partial charge in [-0.25, -0.2) is 0 Å². The molecule has 108 valence electrons. The van der Waals surface area contributed by atoms with Crippen LogP contribution in [0.5, 0.6) is 5.75 Å². The minimum absolute atomic E-state index is 0.0269. The molecule has 0 aliphatic heterocycles. The fourth-order valence-corrected chi connectivity index (χ4v) is 1.99. The van der Waals surface area contributed by atoms with Gasteiger partial charge >= 0.3 is 0 Å². The van der Waals surface area contributed by atoms with Crippen molar-refractivity contribution in [2.75, 3.05) is 0 Å². The van der Waals surface area contributed by atoms with Gasteiger partial charge in [0.05, 0.1) is 6.07 Å². The van der Waals surface area contributed by atoms with E-state index in [-0.39, 0.29) is 17.9 Å². The minimum Gasteiger partial charge on any atom is -0.483 e. The SMILES string of the molecule is CC(C)c1ccc(COc2cccn(CC#N)c2=O)cc1. The van der Waals surface area contributed by atoms with Gasteiger partial charge in [-0.3, -0.25) is 9.36 Å². The van der Waals surface area contributed by atoms with Crippen LogP contribution in [0.4, 0.5) is 0 Å². The third kappa shape index (κ3) is 3.73. The van der Waals surface area contributed by atoms with Crippen molar-refractivity contribution in [3.63, 3.8) is 0 Å². The van der Waals surface area contributed by atoms with Gasteiger partial charge in [-0.05, 0) is 29.2 Å². The Morgan fingerprint density at radius 1 is 1.24 bits per heavy atom. The lowest BCUT2D eigenvalue weighted by atomic mass is 10.0. The van der Waals surface area contributed by atoms with Crippen molar-refractivity contribution in [1.82, 2.24) is 4.57 Å². The van der Waals surface area contributed by atoms with Gasteiger partial charge in [-0.1, -0.05) is 38.1 Å². The summed E-state index contributed by atoms with van der Waals surface area (Å²) in [5.41, 5.74) is 2.00. The van der Waals surface area contributed by atoms with Gasteiger partial charge in [0.2, 0.25) is 0 Å². The molecule has 2 aromatic rings. The molecule has 21 heavy (non-hydrogen) atoms. The van der Waals surface area contributed by atoms with Crippen LogP contribution in [0.25, 0.3) is 0 Å². The molecule has 0 atom stereocenters. The molecule has 0 saturated heterocycles. The van der Waals surface area contributed by atoms with E-state index in [4.69, 9.17) is 10.00 Å². The number of rotatable bonds is 5. The Labute approximate surface area is 124 Å². The average molecular weight is 282 g/mol. The summed E-state index contributed by atoms with van der Waals surface area (Å²) in [5.74, 6) is 0.757. The van der Waals surface area contributed by atoms with Crippen molar-refractivity contribution < 1.29 is 4.74 Å². The lowest BCUT2D eigenvalue weighted by Gasteiger charge is -2.09. The Balaban J connectivity index is 2.08. The molecule has 0 radical (unpaired) electrons. The second kappa shape index (κ2) is 6.76. The molecule has 4 heteroatoms. The first-order valence-corrected chi connectivity index (χ1v) is 6.90. The molecule has 0 saturated carbocycles. The molecular formula is C17H18N2O2. The number of hydrogen-bond acceptors (Lipinski definition) is 3. The molecular weight excluding hydrogens is 264 g/mol. The molecule has 0 fully saturated rings. The van der Waals surface area contributed by atoms with E-state index in [1.807, 2.05) is 18.2 Å². The van der Waals surface area contributed by atoms with Crippen LogP contribution < -0.4 is 10.3 Å². The predicted octanol–water partition coefficient (Wildman–Crippen LogP) is 3.07. The van der Waals surface area contributed by atoms with Gasteiger partial charge < -0.3 is 4.74 Å². The zero-order valence-corrected chi connectivity index (χ0v) is 12.2. The summed E-state index contributed by atoms with van der Waals surface area (Å²) in [6.45, 7) is 4.66. The van der Waals surface area contributed by atoms with Crippen molar-refractivity contribution in [2.45, 2.75) is 32.9 Å². The molecule has 0 bridgehead atoms. The largest absolute Gasteiger partial charge is 0.483 e. The quantitative estimate of drug-likeness (QED) is 0.846. The smallest absolute Gasteiger partial charge is 0.293 e. The fraction of sp³-hybridized carbons (Fsp3) is 0.294. The number of nitriles is 1. The van der Waals surface area contributed by atoms with E-state index in [9.17, 15) is 4.79 Å². The third-order valence-electron chi connectivity index (χ3n) is 3.27. The van der Waals surface area contributed by atoms with Crippen LogP contribution in [-0.4, -0.2) is 4.57 Å². The standard InChI is InChI=1S/C17H18N2O2/c1-13(2)15-7-5-14(6-8-15)12-21-16-4-3-10-19(11-9-18)17(16)20/h3-8,10,13H,11-12H2,1-2H3. The second-order valence-corrected chi connectivity index (χ2v) is 5.15. The minimum atomic E-state index is -0.280. The number of ether oxygens (including phenoxy) is 1. The summed E-state index contributed by atoms with van der Waals surface area (Å²) in [6, 6.07) is 13.4. The average Bonchev–Trinajstić information content (AvgIpc) is 2.49. The van der Waals surface area contributed by atoms with Crippen LogP contribution in [0.2, 0.25) is 0 Å². The predicted molar refractivity (Wildman–Crippen MR) is 81.2 cm³/mol. The zero-order valence-electron chi connectivity index (χ0n) is 12.2. The maximum atomic E-state index is 12.0. The van der Waals surface area contributed by atoms with Crippen LogP contribution in [0.1, 0.15) is 30.9 Å². The van der Waals surface area contributed by atoms with E-state index in [1.54, 1.807) is 18.3 Å². The van der Waals surface area contributed by atoms with Crippen molar-refractivity contribution in [3.8, 4) is 11.8 Å². The molecule has 1 aromatic carbocycles. The fourth-order valence-electron chi connectivity index (χ4n) is 1.99. The number of aromatic nitrogens is 1. The number of pyridine rings is 1. The Kier molecular flexibility index (Phi) is 4.78. The number of benzene rings is 1. The molecule has 4 nitrogen and oxygen atoms in total. The van der Waals surface area contributed by atoms with Gasteiger partial charge in [-0.2, -0.15) is 5.26 Å². The van der Waals surface area contributed by atoms with Crippen LogP contribution in [0.15, 0.2) is 47.4 Å². The number of nitrogens with zero attached hydrogens (tertiary/aromatic N) is 2. The Bertz CT molecular complexity index is 694. The van der Waals surface area contributed by atoms with E-state index in [0.717, 1.165) is 5.56 Å². The summed E-state index contributed by atoms with van der Waals surface area (Å²) >= 11 is 0. The lowest BCUT2D eigenvalue weighted by Crippen LogP contribution is -2.20. The van der Waals surface area contributed by atoms with Crippen molar-refractivity contribution in [3.05, 3.63) is 64.1 Å². The second-order valence-electron chi connectivity index (χ2n) is 5.15. The first-order valence-electron chi connectivity index (χ1n) is 6.90. The molecule has 0 aliphatic carbocycles. The Morgan fingerprint density at radius 3 is 2.57 bits per heavy atom. The van der Waals surface area contributed by atoms with Gasteiger partial charge in [0.25, 0.3) is 5.56 Å². The highest BCUT2D eigenvalue weighted by Gasteiger charge is 2.05. The maximum Gasteiger partial charge on any atom is 0.293 e. The molecule has 0 N–H and O–H groups in total. The van der Waals surface area contributed by atoms with Crippen LogP contribution in [0.3, 0.4) is 0 Å². The molecule has 0 unspecified atom stereocenters. The van der Waals surface area contributed by atoms with E-state index >= 15 is 0 Å². The van der Waals surface area contributed by atoms with Gasteiger partial charge in [0.1, 0.15) is 13.2 Å². The Morgan fingerprint density at radius 2 is 1.95 bits per heavy atom. The van der Waals surface area contributed by atoms with E-state index in [1.165, 1.54) is 10.1 Å². The topological polar surface area (TPSA) is 55.0 Å². The maximum absolute atomic E-state index is 12.0. The zero-order chi connectivity index (χ0) is 15.2. The summed E-state index contributed by atoms with van der Waals surface area (Å²) in [5, 5.41) is 8.66. The van der Waals surface area contributed by atoms with Crippen molar-refractivity contribution >= 4 is 0 Å². The van der Waals surface area contributed by atoms with Crippen LogP contribution in [0, 0.1) is 11.3 Å². The molecule has 0 aliphatic rings. The summed E-state index contributed by atoms with van der Waals surface area (Å²) < 4.78 is 6.90. The normalized spacial score (nSPS) is 10.4. The van der Waals surface area contributed by atoms with Gasteiger partial charge in [0.15, 0.2) is 5.75 Å². The first-order chi connectivity index (χ1) is 10.1. The van der Waals surface area contributed by atoms with Crippen molar-refractivity contribution in [1.29, 1.82) is 5.26 Å². The van der Waals surface area contributed by atoms with Crippen LogP contribution >= 0.6 is 0 Å². The monoisotopic (exact) mass is 282 g/mol. The lowest BCUT2D eigenvalue weighted by molar-refractivity contribution is 0.299. The highest BCUT2D eigenvalue weighted by Crippen LogP contribution is 2.15. The van der Waals surface area contributed by atoms with Gasteiger partial charge in [-0.15, -0.1) is 0 Å². The van der Waals surface area contributed by atoms with E-state index in [2.05, 4.69) is 26.0 Å². The third-order valence-corrected chi connectivity index (χ3v) is 3.27. The summed E-state index contributed by atoms with van der Waals surface area (Å²) in [7, 11) is 0. The van der Waals surface area contributed by atoms with E-state index < -0.39 is 0 Å². The first kappa shape index (κ1) is 14.9. The van der Waals surface area contributed by atoms with E-state index in [0.29, 0.717) is 12.5 Å². The van der Waals surface area contributed by atoms with Crippen LogP contribution in [-0.2, 0) is 13.2 Å². The highest BCUT2D eigenvalue weighted by molar-refractivity contribution is 5.25. The molecule has 0 spiro atoms. The number of hydrogen-bond donors (Lipinski definition) is 0.